The predicted molar refractivity (Wildman–Crippen MR) is 105 cm³/mol. The van der Waals surface area contributed by atoms with Crippen LogP contribution >= 0.6 is 11.8 Å². The quantitative estimate of drug-likeness (QED) is 0.572. The number of rotatable bonds is 7. The maximum Gasteiger partial charge on any atom is 0.387 e. The maximum absolute atomic E-state index is 12.2. The Labute approximate surface area is 174 Å². The molecule has 2 amide bonds. The number of tetrazole rings is 1. The molecule has 30 heavy (non-hydrogen) atoms. The molecule has 0 radical (unpaired) electrons. The van der Waals surface area contributed by atoms with Crippen molar-refractivity contribution in [2.24, 2.45) is 0 Å². The number of carbonyl (C=O) groups is 2. The Morgan fingerprint density at radius 3 is 2.53 bits per heavy atom. The first kappa shape index (κ1) is 21.4. The highest BCUT2D eigenvalue weighted by atomic mass is 32.2. The second kappa shape index (κ2) is 9.44. The Bertz CT molecular complexity index is 1060. The third kappa shape index (κ3) is 5.38. The minimum Gasteiger partial charge on any atom is -0.435 e. The molecule has 8 nitrogen and oxygen atoms in total. The van der Waals surface area contributed by atoms with Crippen molar-refractivity contribution in [1.82, 2.24) is 25.5 Å². The maximum atomic E-state index is 12.2. The van der Waals surface area contributed by atoms with Crippen LogP contribution in [0, 0.1) is 13.8 Å². The first-order valence-electron chi connectivity index (χ1n) is 8.71. The van der Waals surface area contributed by atoms with Crippen LogP contribution in [0.15, 0.2) is 47.6 Å². The number of halogens is 2. The Balaban J connectivity index is 1.58. The second-order valence-electron chi connectivity index (χ2n) is 6.21. The van der Waals surface area contributed by atoms with E-state index >= 15 is 0 Å². The molecule has 0 saturated heterocycles. The van der Waals surface area contributed by atoms with E-state index in [0.29, 0.717) is 5.16 Å². The van der Waals surface area contributed by atoms with Crippen molar-refractivity contribution in [3.8, 4) is 11.4 Å². The number of hydrogen-bond acceptors (Lipinski definition) is 7. The Morgan fingerprint density at radius 2 is 1.87 bits per heavy atom. The lowest BCUT2D eigenvalue weighted by molar-refractivity contribution is -0.117. The predicted octanol–water partition coefficient (Wildman–Crippen LogP) is 2.93. The summed E-state index contributed by atoms with van der Waals surface area (Å²) in [5, 5.41) is 14.1. The fraction of sp³-hybridized carbons (Fsp3) is 0.211. The van der Waals surface area contributed by atoms with Crippen molar-refractivity contribution in [1.29, 1.82) is 0 Å². The second-order valence-corrected chi connectivity index (χ2v) is 7.15. The summed E-state index contributed by atoms with van der Waals surface area (Å²) in [4.78, 5) is 24.3. The van der Waals surface area contributed by atoms with E-state index in [9.17, 15) is 18.4 Å². The summed E-state index contributed by atoms with van der Waals surface area (Å²) in [6, 6.07) is 10.8. The van der Waals surface area contributed by atoms with Gasteiger partial charge in [-0.25, -0.2) is 0 Å². The van der Waals surface area contributed by atoms with Crippen molar-refractivity contribution < 1.29 is 23.1 Å². The van der Waals surface area contributed by atoms with Gasteiger partial charge in [-0.3, -0.25) is 14.9 Å². The molecule has 156 valence electrons. The third-order valence-electron chi connectivity index (χ3n) is 4.10. The number of nitrogens with zero attached hydrogens (tertiary/aromatic N) is 4. The van der Waals surface area contributed by atoms with Gasteiger partial charge in [-0.2, -0.15) is 13.5 Å². The number of alkyl halides is 2. The van der Waals surface area contributed by atoms with E-state index in [1.165, 1.54) is 28.9 Å². The fourth-order valence-electron chi connectivity index (χ4n) is 2.44. The van der Waals surface area contributed by atoms with Crippen LogP contribution in [-0.4, -0.2) is 44.4 Å². The molecule has 0 atom stereocenters. The van der Waals surface area contributed by atoms with E-state index in [1.807, 2.05) is 32.0 Å². The van der Waals surface area contributed by atoms with Crippen LogP contribution in [0.5, 0.6) is 5.75 Å². The highest BCUT2D eigenvalue weighted by molar-refractivity contribution is 7.99. The molecule has 1 N–H and O–H groups in total. The number of carbonyl (C=O) groups excluding carboxylic acids is 2. The average Bonchev–Trinajstić information content (AvgIpc) is 3.17. The molecule has 11 heteroatoms. The molecule has 0 saturated carbocycles. The van der Waals surface area contributed by atoms with Crippen LogP contribution in [0.1, 0.15) is 21.5 Å². The molecule has 1 heterocycles. The van der Waals surface area contributed by atoms with Gasteiger partial charge in [-0.05, 0) is 71.8 Å². The van der Waals surface area contributed by atoms with E-state index < -0.39 is 18.4 Å². The topological polar surface area (TPSA) is 99.0 Å². The molecule has 0 bridgehead atoms. The zero-order chi connectivity index (χ0) is 21.7. The number of aryl methyl sites for hydroxylation is 2. The number of thioether (sulfide) groups is 1. The van der Waals surface area contributed by atoms with Crippen LogP contribution in [-0.2, 0) is 4.79 Å². The SMILES string of the molecule is Cc1ccc(-n2nnnc2SCC(=O)NC(=O)c2ccc(OC(F)F)cc2)cc1C. The number of imide groups is 1. The number of nitrogens with one attached hydrogen (secondary N) is 1. The van der Waals surface area contributed by atoms with Crippen LogP contribution in [0.2, 0.25) is 0 Å². The summed E-state index contributed by atoms with van der Waals surface area (Å²) in [5.41, 5.74) is 3.10. The van der Waals surface area contributed by atoms with Gasteiger partial charge in [0.1, 0.15) is 5.75 Å². The number of amides is 2. The smallest absolute Gasteiger partial charge is 0.387 e. The van der Waals surface area contributed by atoms with Gasteiger partial charge in [0.15, 0.2) is 0 Å². The van der Waals surface area contributed by atoms with E-state index in [0.717, 1.165) is 28.6 Å². The van der Waals surface area contributed by atoms with Gasteiger partial charge in [0.25, 0.3) is 5.91 Å². The number of benzene rings is 2. The zero-order valence-corrected chi connectivity index (χ0v) is 16.8. The first-order valence-corrected chi connectivity index (χ1v) is 9.70. The van der Waals surface area contributed by atoms with Crippen molar-refractivity contribution in [2.75, 3.05) is 5.75 Å². The molecule has 0 unspecified atom stereocenters. The van der Waals surface area contributed by atoms with Gasteiger partial charge in [-0.15, -0.1) is 5.10 Å². The Hall–Kier alpha value is -3.34. The van der Waals surface area contributed by atoms with Crippen molar-refractivity contribution in [3.63, 3.8) is 0 Å². The Kier molecular flexibility index (Phi) is 6.72. The van der Waals surface area contributed by atoms with E-state index in [4.69, 9.17) is 0 Å². The van der Waals surface area contributed by atoms with Crippen LogP contribution < -0.4 is 10.1 Å². The lowest BCUT2D eigenvalue weighted by Gasteiger charge is -2.08. The molecular formula is C19H17F2N5O3S. The molecule has 0 aliphatic carbocycles. The summed E-state index contributed by atoms with van der Waals surface area (Å²) in [6.07, 6.45) is 0. The largest absolute Gasteiger partial charge is 0.435 e. The fourth-order valence-corrected chi connectivity index (χ4v) is 3.13. The normalized spacial score (nSPS) is 10.8. The molecule has 0 spiro atoms. The Morgan fingerprint density at radius 1 is 1.13 bits per heavy atom. The summed E-state index contributed by atoms with van der Waals surface area (Å²) in [6.45, 7) is 1.01. The highest BCUT2D eigenvalue weighted by Crippen LogP contribution is 2.20. The minimum absolute atomic E-state index is 0.0818. The summed E-state index contributed by atoms with van der Waals surface area (Å²) in [7, 11) is 0. The molecule has 3 aromatic rings. The lowest BCUT2D eigenvalue weighted by Crippen LogP contribution is -2.31. The van der Waals surface area contributed by atoms with Gasteiger partial charge in [0.2, 0.25) is 11.1 Å². The number of hydrogen-bond donors (Lipinski definition) is 1. The molecule has 3 rings (SSSR count). The summed E-state index contributed by atoms with van der Waals surface area (Å²) >= 11 is 1.07. The minimum atomic E-state index is -2.95. The van der Waals surface area contributed by atoms with Crippen LogP contribution in [0.3, 0.4) is 0 Å². The van der Waals surface area contributed by atoms with Crippen molar-refractivity contribution >= 4 is 23.6 Å². The molecular weight excluding hydrogens is 416 g/mol. The van der Waals surface area contributed by atoms with Gasteiger partial charge >= 0.3 is 6.61 Å². The lowest BCUT2D eigenvalue weighted by atomic mass is 10.1. The van der Waals surface area contributed by atoms with Crippen LogP contribution in [0.25, 0.3) is 5.69 Å². The van der Waals surface area contributed by atoms with Gasteiger partial charge < -0.3 is 4.74 Å². The average molecular weight is 433 g/mol. The molecule has 0 aliphatic rings. The van der Waals surface area contributed by atoms with E-state index in [1.54, 1.807) is 0 Å². The highest BCUT2D eigenvalue weighted by Gasteiger charge is 2.15. The molecule has 0 fully saturated rings. The van der Waals surface area contributed by atoms with Crippen molar-refractivity contribution in [3.05, 3.63) is 59.2 Å². The summed E-state index contributed by atoms with van der Waals surface area (Å²) in [5.74, 6) is -1.38. The summed E-state index contributed by atoms with van der Waals surface area (Å²) < 4.78 is 30.0. The monoisotopic (exact) mass is 433 g/mol. The van der Waals surface area contributed by atoms with Gasteiger partial charge in [0, 0.05) is 5.56 Å². The van der Waals surface area contributed by atoms with E-state index in [2.05, 4.69) is 25.6 Å². The molecule has 1 aromatic heterocycles. The zero-order valence-electron chi connectivity index (χ0n) is 16.0. The number of ether oxygens (including phenoxy) is 1. The number of aromatic nitrogens is 4. The van der Waals surface area contributed by atoms with Gasteiger partial charge in [-0.1, -0.05) is 17.8 Å². The first-order chi connectivity index (χ1) is 14.3. The van der Waals surface area contributed by atoms with Crippen LogP contribution in [0.4, 0.5) is 8.78 Å². The van der Waals surface area contributed by atoms with Crippen molar-refractivity contribution in [2.45, 2.75) is 25.6 Å². The standard InChI is InChI=1S/C19H17F2N5O3S/c1-11-3-6-14(9-12(11)2)26-19(23-24-25-26)30-10-16(27)22-17(28)13-4-7-15(8-5-13)29-18(20)21/h3-9,18H,10H2,1-2H3,(H,22,27,28). The van der Waals surface area contributed by atoms with E-state index in [-0.39, 0.29) is 17.1 Å². The van der Waals surface area contributed by atoms with Gasteiger partial charge in [0.05, 0.1) is 11.4 Å². The molecule has 2 aromatic carbocycles. The molecule has 0 aliphatic heterocycles. The third-order valence-corrected chi connectivity index (χ3v) is 5.02.